The quantitative estimate of drug-likeness (QED) is 0.339. The van der Waals surface area contributed by atoms with Crippen molar-refractivity contribution in [2.75, 3.05) is 7.11 Å². The minimum Gasteiger partial charge on any atom is -0.504 e. The largest absolute Gasteiger partial charge is 0.504 e. The molecule has 0 saturated heterocycles. The van der Waals surface area contributed by atoms with E-state index in [4.69, 9.17) is 9.47 Å². The van der Waals surface area contributed by atoms with Crippen LogP contribution in [0.3, 0.4) is 0 Å². The number of allylic oxidation sites excluding steroid dienone is 5. The van der Waals surface area contributed by atoms with E-state index in [2.05, 4.69) is 29.5 Å². The van der Waals surface area contributed by atoms with Gasteiger partial charge in [-0.05, 0) is 113 Å². The highest BCUT2D eigenvalue weighted by atomic mass is 127. The molecule has 196 valence electrons. The molecule has 1 heterocycles. The van der Waals surface area contributed by atoms with Gasteiger partial charge in [0.15, 0.2) is 11.5 Å². The van der Waals surface area contributed by atoms with Crippen LogP contribution >= 0.6 is 22.6 Å². The Morgan fingerprint density at radius 3 is 2.51 bits per heavy atom. The Kier molecular flexibility index (Phi) is 5.13. The highest BCUT2D eigenvalue weighted by Gasteiger charge is 2.57. The lowest BCUT2D eigenvalue weighted by Gasteiger charge is -2.39. The van der Waals surface area contributed by atoms with Crippen LogP contribution < -0.4 is 9.47 Å². The van der Waals surface area contributed by atoms with Crippen LogP contribution in [0.1, 0.15) is 42.0 Å². The Balaban J connectivity index is 1.59. The van der Waals surface area contributed by atoms with Crippen molar-refractivity contribution >= 4 is 34.7 Å². The number of halogens is 1. The van der Waals surface area contributed by atoms with Gasteiger partial charge in [0.2, 0.25) is 0 Å². The fourth-order valence-electron chi connectivity index (χ4n) is 6.54. The molecular formula is C33H27IO5. The summed E-state index contributed by atoms with van der Waals surface area (Å²) in [5, 5.41) is 33.2. The number of methoxy groups -OCH3 is 1. The van der Waals surface area contributed by atoms with Gasteiger partial charge in [0.25, 0.3) is 0 Å². The molecule has 5 nitrogen and oxygen atoms in total. The maximum Gasteiger partial charge on any atom is 0.171 e. The van der Waals surface area contributed by atoms with E-state index in [0.29, 0.717) is 9.32 Å². The Hall–Kier alpha value is -3.33. The van der Waals surface area contributed by atoms with E-state index >= 15 is 0 Å². The number of phenolic OH excluding ortho intramolecular Hbond substituents is 1. The normalized spacial score (nSPS) is 31.0. The predicted molar refractivity (Wildman–Crippen MR) is 160 cm³/mol. The minimum absolute atomic E-state index is 0.0974. The van der Waals surface area contributed by atoms with E-state index in [9.17, 15) is 15.3 Å². The summed E-state index contributed by atoms with van der Waals surface area (Å²) in [7, 11) is 1.55. The first-order valence-electron chi connectivity index (χ1n) is 12.9. The van der Waals surface area contributed by atoms with Crippen molar-refractivity contribution in [3.8, 4) is 17.2 Å². The molecule has 0 radical (unpaired) electrons. The molecule has 4 unspecified atom stereocenters. The van der Waals surface area contributed by atoms with Gasteiger partial charge in [-0.3, -0.25) is 0 Å². The van der Waals surface area contributed by atoms with E-state index in [1.54, 1.807) is 26.2 Å². The second-order valence-corrected chi connectivity index (χ2v) is 12.2. The standard InChI is InChI=1S/C33H27IO5/c1-31(36)12-8-18-4-6-24-28(21(18)10-13-31)27(19-16-23(34)30(35)26(17-19)38-3)29-22-11-15-33(37)14-9-20(32(22,33)2)5-7-25(29)39-24/h4-17,27,35-37H,1-3H3. The Morgan fingerprint density at radius 2 is 1.72 bits per heavy atom. The predicted octanol–water partition coefficient (Wildman–Crippen LogP) is 6.32. The SMILES string of the molecule is COc1cc(C2C3=C4C=CC5(O)C=CC(=CC=C3Oc3ccc6c(c32)C=CC(C)(O)C=C6)C45C)cc(I)c1O. The van der Waals surface area contributed by atoms with Gasteiger partial charge in [-0.25, -0.2) is 0 Å². The number of hydrogen-bond donors (Lipinski definition) is 3. The van der Waals surface area contributed by atoms with E-state index < -0.39 is 16.6 Å². The van der Waals surface area contributed by atoms with Crippen LogP contribution in [0.2, 0.25) is 0 Å². The molecule has 2 aromatic rings. The molecular weight excluding hydrogens is 603 g/mol. The zero-order chi connectivity index (χ0) is 27.3. The summed E-state index contributed by atoms with van der Waals surface area (Å²) in [5.41, 5.74) is 3.85. The maximum atomic E-state index is 11.7. The van der Waals surface area contributed by atoms with Crippen molar-refractivity contribution in [1.29, 1.82) is 0 Å². The van der Waals surface area contributed by atoms with Gasteiger partial charge in [0, 0.05) is 17.1 Å². The fourth-order valence-corrected chi connectivity index (χ4v) is 7.16. The van der Waals surface area contributed by atoms with E-state index in [0.717, 1.165) is 50.5 Å². The summed E-state index contributed by atoms with van der Waals surface area (Å²) in [5.74, 6) is 1.61. The molecule has 5 aliphatic rings. The molecule has 0 spiro atoms. The molecule has 0 saturated carbocycles. The van der Waals surface area contributed by atoms with Crippen LogP contribution in [0.15, 0.2) is 95.4 Å². The van der Waals surface area contributed by atoms with Gasteiger partial charge < -0.3 is 24.8 Å². The van der Waals surface area contributed by atoms with E-state index in [-0.39, 0.29) is 11.7 Å². The Morgan fingerprint density at radius 1 is 0.949 bits per heavy atom. The summed E-state index contributed by atoms with van der Waals surface area (Å²) in [4.78, 5) is 0. The van der Waals surface area contributed by atoms with E-state index in [1.165, 1.54) is 0 Å². The number of phenols is 1. The number of hydrogen-bond acceptors (Lipinski definition) is 5. The molecule has 0 bridgehead atoms. The number of benzene rings is 2. The Labute approximate surface area is 240 Å². The molecule has 4 atom stereocenters. The lowest BCUT2D eigenvalue weighted by atomic mass is 9.67. The first-order chi connectivity index (χ1) is 18.6. The van der Waals surface area contributed by atoms with E-state index in [1.807, 2.05) is 72.9 Å². The average molecular weight is 630 g/mol. The second kappa shape index (κ2) is 8.10. The molecule has 2 aromatic carbocycles. The minimum atomic E-state index is -1.13. The van der Waals surface area contributed by atoms with Crippen LogP contribution in [0.4, 0.5) is 0 Å². The summed E-state index contributed by atoms with van der Waals surface area (Å²) in [6.07, 6.45) is 19.3. The average Bonchev–Trinajstić information content (AvgIpc) is 3.16. The lowest BCUT2D eigenvalue weighted by Crippen LogP contribution is -2.39. The number of aliphatic hydroxyl groups is 2. The third kappa shape index (κ3) is 3.31. The zero-order valence-corrected chi connectivity index (χ0v) is 23.9. The summed E-state index contributed by atoms with van der Waals surface area (Å²) >= 11 is 2.13. The van der Waals surface area contributed by atoms with Crippen molar-refractivity contribution < 1.29 is 24.8 Å². The number of ether oxygens (including phenoxy) is 2. The van der Waals surface area contributed by atoms with Crippen molar-refractivity contribution in [2.24, 2.45) is 5.41 Å². The fraction of sp³-hybridized carbons (Fsp3) is 0.212. The molecule has 0 aromatic heterocycles. The van der Waals surface area contributed by atoms with Gasteiger partial charge in [-0.1, -0.05) is 36.4 Å². The first kappa shape index (κ1) is 24.7. The molecule has 39 heavy (non-hydrogen) atoms. The molecule has 7 rings (SSSR count). The van der Waals surface area contributed by atoms with Crippen LogP contribution in [0.5, 0.6) is 17.2 Å². The first-order valence-corrected chi connectivity index (χ1v) is 13.9. The second-order valence-electron chi connectivity index (χ2n) is 11.1. The molecule has 3 N–H and O–H groups in total. The van der Waals surface area contributed by atoms with Crippen LogP contribution in [0.25, 0.3) is 12.2 Å². The van der Waals surface area contributed by atoms with Crippen LogP contribution in [-0.4, -0.2) is 33.6 Å². The monoisotopic (exact) mass is 630 g/mol. The summed E-state index contributed by atoms with van der Waals surface area (Å²) in [6, 6.07) is 7.85. The van der Waals surface area contributed by atoms with Gasteiger partial charge in [-0.15, -0.1) is 0 Å². The lowest BCUT2D eigenvalue weighted by molar-refractivity contribution is 0.0728. The third-order valence-corrected chi connectivity index (χ3v) is 9.60. The molecule has 1 aliphatic heterocycles. The van der Waals surface area contributed by atoms with Gasteiger partial charge in [-0.2, -0.15) is 0 Å². The van der Waals surface area contributed by atoms with Crippen molar-refractivity contribution in [3.05, 3.63) is 121 Å². The zero-order valence-electron chi connectivity index (χ0n) is 21.7. The molecule has 4 aliphatic carbocycles. The Bertz CT molecular complexity index is 1700. The summed E-state index contributed by atoms with van der Waals surface area (Å²) in [6.45, 7) is 3.83. The smallest absolute Gasteiger partial charge is 0.171 e. The van der Waals surface area contributed by atoms with Crippen molar-refractivity contribution in [1.82, 2.24) is 0 Å². The number of aromatic hydroxyl groups is 1. The topological polar surface area (TPSA) is 79.2 Å². The molecule has 6 heteroatoms. The highest BCUT2D eigenvalue weighted by molar-refractivity contribution is 14.1. The molecule has 0 fully saturated rings. The van der Waals surface area contributed by atoms with Crippen LogP contribution in [0, 0.1) is 8.99 Å². The van der Waals surface area contributed by atoms with Gasteiger partial charge >= 0.3 is 0 Å². The number of fused-ring (bicyclic) bond motifs is 4. The van der Waals surface area contributed by atoms with Crippen molar-refractivity contribution in [3.63, 3.8) is 0 Å². The number of rotatable bonds is 2. The van der Waals surface area contributed by atoms with Crippen LogP contribution in [-0.2, 0) is 0 Å². The van der Waals surface area contributed by atoms with Gasteiger partial charge in [0.05, 0.1) is 21.7 Å². The summed E-state index contributed by atoms with van der Waals surface area (Å²) < 4.78 is 12.9. The third-order valence-electron chi connectivity index (χ3n) is 8.78. The molecule has 0 amide bonds. The van der Waals surface area contributed by atoms with Gasteiger partial charge in [0.1, 0.15) is 17.1 Å². The highest BCUT2D eigenvalue weighted by Crippen LogP contribution is 2.62. The van der Waals surface area contributed by atoms with Crippen molar-refractivity contribution in [2.45, 2.75) is 31.0 Å². The maximum absolute atomic E-state index is 11.7.